The number of aliphatic imine (C=N–C) groups is 1. The van der Waals surface area contributed by atoms with Crippen LogP contribution in [0.4, 0.5) is 0 Å². The van der Waals surface area contributed by atoms with Crippen molar-refractivity contribution in [1.29, 1.82) is 0 Å². The third kappa shape index (κ3) is 5.06. The number of hydrogen-bond donors (Lipinski definition) is 0. The van der Waals surface area contributed by atoms with E-state index in [1.807, 2.05) is 11.8 Å². The average Bonchev–Trinajstić information content (AvgIpc) is 2.71. The van der Waals surface area contributed by atoms with Crippen LogP contribution in [0.3, 0.4) is 0 Å². The largest absolute Gasteiger partial charge is 0.292 e. The van der Waals surface area contributed by atoms with Crippen molar-refractivity contribution < 1.29 is 0 Å². The summed E-state index contributed by atoms with van der Waals surface area (Å²) >= 11 is 1.94. The minimum atomic E-state index is -0.591. The lowest BCUT2D eigenvalue weighted by molar-refractivity contribution is 1.15. The molecular weight excluding hydrogens is 353 g/mol. The topological polar surface area (TPSA) is 12.4 Å². The van der Waals surface area contributed by atoms with Gasteiger partial charge in [0.1, 0.15) is 0 Å². The maximum Gasteiger partial charge on any atom is 0.0480 e. The highest BCUT2D eigenvalue weighted by Crippen LogP contribution is 2.33. The van der Waals surface area contributed by atoms with E-state index in [-0.39, 0.29) is 0 Å². The Morgan fingerprint density at radius 1 is 0.808 bits per heavy atom. The third-order valence-electron chi connectivity index (χ3n) is 4.01. The Hall–Kier alpha value is -1.89. The Kier molecular flexibility index (Phi) is 7.49. The van der Waals surface area contributed by atoms with Crippen LogP contribution in [0.1, 0.15) is 12.5 Å². The Bertz CT molecular complexity index is 778. The van der Waals surface area contributed by atoms with E-state index in [4.69, 9.17) is 0 Å². The molecule has 3 rings (SSSR count). The molecule has 3 aromatic carbocycles. The molecule has 0 saturated carbocycles. The molecule has 0 saturated heterocycles. The van der Waals surface area contributed by atoms with E-state index in [1.165, 1.54) is 21.5 Å². The molecule has 0 unspecified atom stereocenters. The lowest BCUT2D eigenvalue weighted by Crippen LogP contribution is -2.23. The maximum atomic E-state index is 4.67. The molecule has 0 bridgehead atoms. The number of thioether (sulfide) groups is 1. The van der Waals surface area contributed by atoms with Crippen molar-refractivity contribution in [3.05, 3.63) is 90.5 Å². The van der Waals surface area contributed by atoms with Crippen molar-refractivity contribution in [2.75, 3.05) is 18.1 Å². The van der Waals surface area contributed by atoms with Crippen molar-refractivity contribution in [3.63, 3.8) is 0 Å². The molecule has 0 atom stereocenters. The summed E-state index contributed by atoms with van der Waals surface area (Å²) in [5, 5.41) is 4.11. The Morgan fingerprint density at radius 3 is 2.00 bits per heavy atom. The third-order valence-corrected chi connectivity index (χ3v) is 7.40. The normalized spacial score (nSPS) is 11.3. The Labute approximate surface area is 162 Å². The summed E-state index contributed by atoms with van der Waals surface area (Å²) in [6, 6.07) is 30.3. The van der Waals surface area contributed by atoms with Gasteiger partial charge in [-0.05, 0) is 29.6 Å². The first-order valence-corrected chi connectivity index (χ1v) is 11.5. The minimum Gasteiger partial charge on any atom is -0.292 e. The first-order valence-electron chi connectivity index (χ1n) is 8.97. The van der Waals surface area contributed by atoms with Gasteiger partial charge in [-0.3, -0.25) is 4.99 Å². The molecule has 0 N–H and O–H groups in total. The van der Waals surface area contributed by atoms with Crippen molar-refractivity contribution in [1.82, 2.24) is 0 Å². The fourth-order valence-corrected chi connectivity index (χ4v) is 5.75. The molecule has 26 heavy (non-hydrogen) atoms. The predicted molar refractivity (Wildman–Crippen MR) is 121 cm³/mol. The van der Waals surface area contributed by atoms with Crippen molar-refractivity contribution in [2.45, 2.75) is 6.92 Å². The van der Waals surface area contributed by atoms with Gasteiger partial charge in [-0.2, -0.15) is 11.8 Å². The SMILES string of the molecule is CCSCC/N=C/c1ccccc1P(c1ccccc1)c1ccccc1. The first-order chi connectivity index (χ1) is 12.9. The maximum absolute atomic E-state index is 4.67. The monoisotopic (exact) mass is 377 g/mol. The lowest BCUT2D eigenvalue weighted by Gasteiger charge is -2.21. The molecule has 0 aliphatic rings. The fourth-order valence-electron chi connectivity index (χ4n) is 2.81. The van der Waals surface area contributed by atoms with Gasteiger partial charge in [0.2, 0.25) is 0 Å². The van der Waals surface area contributed by atoms with Crippen LogP contribution in [0.5, 0.6) is 0 Å². The summed E-state index contributed by atoms with van der Waals surface area (Å²) < 4.78 is 0. The van der Waals surface area contributed by atoms with E-state index >= 15 is 0 Å². The summed E-state index contributed by atoms with van der Waals surface area (Å²) in [7, 11) is -0.591. The molecule has 0 aliphatic heterocycles. The number of nitrogens with zero attached hydrogens (tertiary/aromatic N) is 1. The molecular formula is C23H24NPS. The van der Waals surface area contributed by atoms with Crippen LogP contribution in [0.15, 0.2) is 89.9 Å². The zero-order valence-corrected chi connectivity index (χ0v) is 16.8. The van der Waals surface area contributed by atoms with E-state index < -0.39 is 7.92 Å². The highest BCUT2D eigenvalue weighted by atomic mass is 32.2. The number of rotatable bonds is 8. The van der Waals surface area contributed by atoms with Crippen LogP contribution < -0.4 is 15.9 Å². The van der Waals surface area contributed by atoms with E-state index in [2.05, 4.69) is 103 Å². The molecule has 1 nitrogen and oxygen atoms in total. The lowest BCUT2D eigenvalue weighted by atomic mass is 10.2. The van der Waals surface area contributed by atoms with Gasteiger partial charge in [-0.25, -0.2) is 0 Å². The van der Waals surface area contributed by atoms with Gasteiger partial charge in [0.05, 0.1) is 0 Å². The Balaban J connectivity index is 1.97. The van der Waals surface area contributed by atoms with Gasteiger partial charge < -0.3 is 0 Å². The minimum absolute atomic E-state index is 0.591. The molecule has 0 spiro atoms. The summed E-state index contributed by atoms with van der Waals surface area (Å²) in [4.78, 5) is 4.67. The predicted octanol–water partition coefficient (Wildman–Crippen LogP) is 4.62. The molecule has 0 fully saturated rings. The molecule has 3 heteroatoms. The van der Waals surface area contributed by atoms with Crippen LogP contribution in [-0.2, 0) is 0 Å². The van der Waals surface area contributed by atoms with Gasteiger partial charge in [0.15, 0.2) is 0 Å². The van der Waals surface area contributed by atoms with Crippen LogP contribution in [0.25, 0.3) is 0 Å². The van der Waals surface area contributed by atoms with Gasteiger partial charge in [-0.1, -0.05) is 91.9 Å². The standard InChI is InChI=1S/C23H24NPS/c1-2-26-18-17-24-19-20-11-9-10-16-23(20)25(21-12-5-3-6-13-21)22-14-7-4-8-15-22/h3-16,19H,2,17-18H2,1H3/b24-19+. The van der Waals surface area contributed by atoms with Crippen LogP contribution in [0, 0.1) is 0 Å². The quantitative estimate of drug-likeness (QED) is 0.317. The van der Waals surface area contributed by atoms with E-state index in [0.717, 1.165) is 18.1 Å². The molecule has 0 heterocycles. The smallest absolute Gasteiger partial charge is 0.0480 e. The van der Waals surface area contributed by atoms with Crippen molar-refractivity contribution in [3.8, 4) is 0 Å². The van der Waals surface area contributed by atoms with Crippen LogP contribution in [0.2, 0.25) is 0 Å². The zero-order chi connectivity index (χ0) is 18.0. The van der Waals surface area contributed by atoms with Gasteiger partial charge in [-0.15, -0.1) is 0 Å². The van der Waals surface area contributed by atoms with Crippen LogP contribution in [-0.4, -0.2) is 24.3 Å². The van der Waals surface area contributed by atoms with Crippen LogP contribution >= 0.6 is 19.7 Å². The van der Waals surface area contributed by atoms with Crippen molar-refractivity contribution in [2.24, 2.45) is 4.99 Å². The summed E-state index contributed by atoms with van der Waals surface area (Å²) in [6.45, 7) is 3.07. The number of hydrogen-bond acceptors (Lipinski definition) is 2. The van der Waals surface area contributed by atoms with E-state index in [1.54, 1.807) is 0 Å². The molecule has 0 amide bonds. The summed E-state index contributed by atoms with van der Waals surface area (Å²) in [6.07, 6.45) is 2.06. The van der Waals surface area contributed by atoms with Gasteiger partial charge in [0.25, 0.3) is 0 Å². The molecule has 0 aromatic heterocycles. The summed E-state index contributed by atoms with van der Waals surface area (Å²) in [5.41, 5.74) is 1.23. The highest BCUT2D eigenvalue weighted by Gasteiger charge is 2.18. The highest BCUT2D eigenvalue weighted by molar-refractivity contribution is 7.99. The van der Waals surface area contributed by atoms with Crippen molar-refractivity contribution >= 4 is 41.8 Å². The first kappa shape index (κ1) is 18.9. The van der Waals surface area contributed by atoms with Gasteiger partial charge >= 0.3 is 0 Å². The molecule has 3 aromatic rings. The van der Waals surface area contributed by atoms with Gasteiger partial charge in [0, 0.05) is 24.1 Å². The second-order valence-corrected chi connectivity index (χ2v) is 9.38. The fraction of sp³-hybridized carbons (Fsp3) is 0.174. The molecule has 0 aliphatic carbocycles. The average molecular weight is 377 g/mol. The zero-order valence-electron chi connectivity index (χ0n) is 15.1. The summed E-state index contributed by atoms with van der Waals surface area (Å²) in [5.74, 6) is 2.24. The Morgan fingerprint density at radius 2 is 1.38 bits per heavy atom. The number of benzene rings is 3. The second kappa shape index (κ2) is 10.3. The van der Waals surface area contributed by atoms with E-state index in [9.17, 15) is 0 Å². The molecule has 132 valence electrons. The van der Waals surface area contributed by atoms with E-state index in [0.29, 0.717) is 0 Å². The molecule has 0 radical (unpaired) electrons. The second-order valence-electron chi connectivity index (χ2n) is 5.80.